The first-order valence-corrected chi connectivity index (χ1v) is 8.46. The van der Waals surface area contributed by atoms with Crippen LogP contribution in [0.1, 0.15) is 19.3 Å². The van der Waals surface area contributed by atoms with Gasteiger partial charge < -0.3 is 20.7 Å². The van der Waals surface area contributed by atoms with Gasteiger partial charge in [0.1, 0.15) is 0 Å². The van der Waals surface area contributed by atoms with Crippen LogP contribution in [0.3, 0.4) is 0 Å². The number of rotatable bonds is 5. The topological polar surface area (TPSA) is 84.7 Å². The van der Waals surface area contributed by atoms with Crippen molar-refractivity contribution in [2.45, 2.75) is 30.9 Å². The summed E-state index contributed by atoms with van der Waals surface area (Å²) in [6.45, 7) is 0.850. The van der Waals surface area contributed by atoms with Gasteiger partial charge in [-0.15, -0.1) is 0 Å². The highest BCUT2D eigenvalue weighted by Crippen LogP contribution is 2.40. The fourth-order valence-corrected chi connectivity index (χ4v) is 3.70. The van der Waals surface area contributed by atoms with Crippen molar-refractivity contribution in [1.29, 1.82) is 0 Å². The Bertz CT molecular complexity index is 640. The molecule has 24 heavy (non-hydrogen) atoms. The molecule has 130 valence electrons. The number of hydrogen-bond donors (Lipinski definition) is 2. The summed E-state index contributed by atoms with van der Waals surface area (Å²) in [4.78, 5) is 26.2. The van der Waals surface area contributed by atoms with E-state index in [-0.39, 0.29) is 35.8 Å². The zero-order valence-corrected chi connectivity index (χ0v) is 14.4. The number of ether oxygens (including phenoxy) is 1. The second-order valence-electron chi connectivity index (χ2n) is 6.56. The first-order chi connectivity index (χ1) is 11.5. The van der Waals surface area contributed by atoms with Crippen molar-refractivity contribution < 1.29 is 14.3 Å². The average molecular weight is 352 g/mol. The predicted octanol–water partition coefficient (Wildman–Crippen LogP) is 1.32. The molecule has 1 aromatic carbocycles. The SMILES string of the molecule is COC1(CN)CC(C(=O)NC2CC(=O)N(c3ccccc3Cl)C2)C1. The van der Waals surface area contributed by atoms with Crippen LogP contribution in [0.2, 0.25) is 5.02 Å². The lowest BCUT2D eigenvalue weighted by Crippen LogP contribution is -2.56. The lowest BCUT2D eigenvalue weighted by atomic mass is 9.70. The number of methoxy groups -OCH3 is 1. The Labute approximate surface area is 146 Å². The molecule has 1 saturated heterocycles. The number of carbonyl (C=O) groups is 2. The molecule has 3 N–H and O–H groups in total. The van der Waals surface area contributed by atoms with Gasteiger partial charge in [0.05, 0.1) is 22.4 Å². The smallest absolute Gasteiger partial charge is 0.229 e. The molecule has 6 nitrogen and oxygen atoms in total. The minimum absolute atomic E-state index is 0.0322. The lowest BCUT2D eigenvalue weighted by molar-refractivity contribution is -0.145. The highest BCUT2D eigenvalue weighted by atomic mass is 35.5. The van der Waals surface area contributed by atoms with Crippen molar-refractivity contribution in [1.82, 2.24) is 5.32 Å². The average Bonchev–Trinajstić information content (AvgIpc) is 2.88. The molecule has 2 fully saturated rings. The third kappa shape index (κ3) is 3.14. The zero-order valence-electron chi connectivity index (χ0n) is 13.6. The van der Waals surface area contributed by atoms with Gasteiger partial charge in [-0.05, 0) is 25.0 Å². The molecule has 1 unspecified atom stereocenters. The molecule has 0 radical (unpaired) electrons. The molecule has 1 heterocycles. The number of nitrogens with two attached hydrogens (primary N) is 1. The number of nitrogens with zero attached hydrogens (tertiary/aromatic N) is 1. The van der Waals surface area contributed by atoms with E-state index in [1.54, 1.807) is 18.1 Å². The molecule has 0 bridgehead atoms. The van der Waals surface area contributed by atoms with E-state index in [0.717, 1.165) is 0 Å². The summed E-state index contributed by atoms with van der Waals surface area (Å²) in [5.41, 5.74) is 6.02. The van der Waals surface area contributed by atoms with Crippen molar-refractivity contribution in [2.75, 3.05) is 25.1 Å². The maximum absolute atomic E-state index is 12.4. The molecule has 0 spiro atoms. The maximum atomic E-state index is 12.4. The first-order valence-electron chi connectivity index (χ1n) is 8.08. The Morgan fingerprint density at radius 2 is 2.17 bits per heavy atom. The number of hydrogen-bond acceptors (Lipinski definition) is 4. The molecule has 7 heteroatoms. The van der Waals surface area contributed by atoms with Crippen LogP contribution < -0.4 is 16.0 Å². The quantitative estimate of drug-likeness (QED) is 0.837. The minimum Gasteiger partial charge on any atom is -0.377 e. The van der Waals surface area contributed by atoms with Gasteiger partial charge in [0.2, 0.25) is 11.8 Å². The highest BCUT2D eigenvalue weighted by molar-refractivity contribution is 6.33. The molecule has 1 atom stereocenters. The van der Waals surface area contributed by atoms with E-state index in [9.17, 15) is 9.59 Å². The summed E-state index contributed by atoms with van der Waals surface area (Å²) >= 11 is 6.16. The van der Waals surface area contributed by atoms with Gasteiger partial charge in [0.15, 0.2) is 0 Å². The van der Waals surface area contributed by atoms with Crippen molar-refractivity contribution in [3.8, 4) is 0 Å². The molecular weight excluding hydrogens is 330 g/mol. The fourth-order valence-electron chi connectivity index (χ4n) is 3.47. The van der Waals surface area contributed by atoms with E-state index in [1.807, 2.05) is 18.2 Å². The second kappa shape index (κ2) is 6.70. The molecule has 1 aliphatic carbocycles. The maximum Gasteiger partial charge on any atom is 0.229 e. The van der Waals surface area contributed by atoms with E-state index in [1.165, 1.54) is 0 Å². The van der Waals surface area contributed by atoms with E-state index in [0.29, 0.717) is 36.6 Å². The lowest BCUT2D eigenvalue weighted by Gasteiger charge is -2.45. The predicted molar refractivity (Wildman–Crippen MR) is 91.9 cm³/mol. The van der Waals surface area contributed by atoms with Crippen LogP contribution in [-0.4, -0.2) is 43.7 Å². The molecule has 1 aromatic rings. The number of para-hydroxylation sites is 1. The Morgan fingerprint density at radius 1 is 1.46 bits per heavy atom. The normalized spacial score (nSPS) is 29.5. The van der Waals surface area contributed by atoms with E-state index >= 15 is 0 Å². The van der Waals surface area contributed by atoms with Crippen molar-refractivity contribution in [3.63, 3.8) is 0 Å². The Kier molecular flexibility index (Phi) is 4.80. The van der Waals surface area contributed by atoms with E-state index in [4.69, 9.17) is 22.1 Å². The Morgan fingerprint density at radius 3 is 2.79 bits per heavy atom. The van der Waals surface area contributed by atoms with Crippen LogP contribution >= 0.6 is 11.6 Å². The molecule has 1 aliphatic heterocycles. The van der Waals surface area contributed by atoms with Crippen molar-refractivity contribution >= 4 is 29.1 Å². The molecule has 0 aromatic heterocycles. The van der Waals surface area contributed by atoms with Gasteiger partial charge >= 0.3 is 0 Å². The highest BCUT2D eigenvalue weighted by Gasteiger charge is 2.47. The summed E-state index contributed by atoms with van der Waals surface area (Å²) in [6, 6.07) is 7.02. The molecule has 2 aliphatic rings. The molecule has 3 rings (SSSR count). The van der Waals surface area contributed by atoms with Crippen LogP contribution in [0, 0.1) is 5.92 Å². The summed E-state index contributed by atoms with van der Waals surface area (Å²) < 4.78 is 5.40. The van der Waals surface area contributed by atoms with Gasteiger partial charge in [-0.2, -0.15) is 0 Å². The van der Waals surface area contributed by atoms with Gasteiger partial charge in [-0.3, -0.25) is 9.59 Å². The first kappa shape index (κ1) is 17.2. The number of amides is 2. The Hall–Kier alpha value is -1.63. The number of halogens is 1. The van der Waals surface area contributed by atoms with Crippen LogP contribution in [0.25, 0.3) is 0 Å². The largest absolute Gasteiger partial charge is 0.377 e. The standard InChI is InChI=1S/C17H22ClN3O3/c1-24-17(10-19)7-11(8-17)16(23)20-12-6-15(22)21(9-12)14-5-3-2-4-13(14)18/h2-5,11-12H,6-10,19H2,1H3,(H,20,23). The van der Waals surface area contributed by atoms with Crippen LogP contribution in [0.4, 0.5) is 5.69 Å². The Balaban J connectivity index is 1.57. The summed E-state index contributed by atoms with van der Waals surface area (Å²) in [5, 5.41) is 3.51. The monoisotopic (exact) mass is 351 g/mol. The van der Waals surface area contributed by atoms with E-state index < -0.39 is 0 Å². The molecule has 1 saturated carbocycles. The summed E-state index contributed by atoms with van der Waals surface area (Å²) in [7, 11) is 1.62. The summed E-state index contributed by atoms with van der Waals surface area (Å²) in [5.74, 6) is -0.164. The van der Waals surface area contributed by atoms with Gasteiger partial charge in [-0.25, -0.2) is 0 Å². The van der Waals surface area contributed by atoms with Gasteiger partial charge in [0.25, 0.3) is 0 Å². The van der Waals surface area contributed by atoms with Gasteiger partial charge in [-0.1, -0.05) is 23.7 Å². The second-order valence-corrected chi connectivity index (χ2v) is 6.97. The van der Waals surface area contributed by atoms with Crippen LogP contribution in [0.5, 0.6) is 0 Å². The van der Waals surface area contributed by atoms with E-state index in [2.05, 4.69) is 5.32 Å². The summed E-state index contributed by atoms with van der Waals surface area (Å²) in [6.07, 6.45) is 1.54. The minimum atomic E-state index is -0.364. The number of nitrogens with one attached hydrogen (secondary N) is 1. The number of carbonyl (C=O) groups excluding carboxylic acids is 2. The fraction of sp³-hybridized carbons (Fsp3) is 0.529. The third-order valence-corrected chi connectivity index (χ3v) is 5.35. The molecular formula is C17H22ClN3O3. The van der Waals surface area contributed by atoms with Crippen LogP contribution in [0.15, 0.2) is 24.3 Å². The third-order valence-electron chi connectivity index (χ3n) is 5.03. The van der Waals surface area contributed by atoms with Gasteiger partial charge in [0, 0.05) is 32.5 Å². The van der Waals surface area contributed by atoms with Crippen molar-refractivity contribution in [3.05, 3.63) is 29.3 Å². The number of benzene rings is 1. The van der Waals surface area contributed by atoms with Crippen LogP contribution in [-0.2, 0) is 14.3 Å². The molecule has 2 amide bonds. The number of anilines is 1. The van der Waals surface area contributed by atoms with Crippen molar-refractivity contribution in [2.24, 2.45) is 11.7 Å². The zero-order chi connectivity index (χ0) is 17.3.